The normalized spacial score (nSPS) is 18.0. The lowest BCUT2D eigenvalue weighted by molar-refractivity contribution is 0.0942. The van der Waals surface area contributed by atoms with Gasteiger partial charge in [-0.2, -0.15) is 0 Å². The third-order valence-electron chi connectivity index (χ3n) is 6.46. The Kier molecular flexibility index (Phi) is 7.18. The Morgan fingerprint density at radius 2 is 1.77 bits per heavy atom. The van der Waals surface area contributed by atoms with Crippen molar-refractivity contribution in [3.8, 4) is 11.4 Å². The number of rotatable bonds is 7. The molecule has 0 saturated carbocycles. The van der Waals surface area contributed by atoms with Gasteiger partial charge in [-0.05, 0) is 38.8 Å². The summed E-state index contributed by atoms with van der Waals surface area (Å²) in [5, 5.41) is 3.14. The molecule has 1 fully saturated rings. The molecule has 0 bridgehead atoms. The van der Waals surface area contributed by atoms with Crippen LogP contribution in [0.2, 0.25) is 0 Å². The van der Waals surface area contributed by atoms with Gasteiger partial charge in [0.25, 0.3) is 5.91 Å². The van der Waals surface area contributed by atoms with Crippen molar-refractivity contribution >= 4 is 5.91 Å². The quantitative estimate of drug-likeness (QED) is 0.714. The number of benzene rings is 1. The Balaban J connectivity index is 1.37. The molecule has 1 aromatic carbocycles. The molecular weight excluding hydrogens is 374 g/mol. The minimum Gasteiger partial charge on any atom is -0.351 e. The first-order chi connectivity index (χ1) is 14.8. The summed E-state index contributed by atoms with van der Waals surface area (Å²) in [7, 11) is 0. The van der Waals surface area contributed by atoms with Gasteiger partial charge in [0.2, 0.25) is 0 Å². The number of hydrogen-bond acceptors (Lipinski definition) is 4. The maximum absolute atomic E-state index is 13.0. The molecule has 6 nitrogen and oxygen atoms in total. The Hall–Kier alpha value is -2.18. The summed E-state index contributed by atoms with van der Waals surface area (Å²) in [6.45, 7) is 10.7. The number of nitrogens with one attached hydrogen (secondary N) is 1. The summed E-state index contributed by atoms with van der Waals surface area (Å²) >= 11 is 0. The fraction of sp³-hybridized carbons (Fsp3) is 0.583. The average Bonchev–Trinajstić information content (AvgIpc) is 2.98. The van der Waals surface area contributed by atoms with Gasteiger partial charge in [-0.25, -0.2) is 4.98 Å². The van der Waals surface area contributed by atoms with E-state index in [-0.39, 0.29) is 5.91 Å². The summed E-state index contributed by atoms with van der Waals surface area (Å²) in [6.07, 6.45) is 5.41. The largest absolute Gasteiger partial charge is 0.351 e. The second kappa shape index (κ2) is 10.2. The van der Waals surface area contributed by atoms with Crippen LogP contribution in [0.4, 0.5) is 0 Å². The molecule has 2 aliphatic heterocycles. The first kappa shape index (κ1) is 21.1. The van der Waals surface area contributed by atoms with Gasteiger partial charge < -0.3 is 19.7 Å². The molecule has 0 spiro atoms. The summed E-state index contributed by atoms with van der Waals surface area (Å²) in [5.74, 6) is 0.921. The van der Waals surface area contributed by atoms with Crippen LogP contribution in [-0.2, 0) is 13.0 Å². The van der Waals surface area contributed by atoms with Crippen LogP contribution in [0.25, 0.3) is 11.4 Å². The highest BCUT2D eigenvalue weighted by Crippen LogP contribution is 2.27. The topological polar surface area (TPSA) is 53.4 Å². The number of aromatic nitrogens is 2. The molecule has 0 unspecified atom stereocenters. The number of nitrogens with zero attached hydrogens (tertiary/aromatic N) is 4. The van der Waals surface area contributed by atoms with E-state index in [2.05, 4.69) is 38.7 Å². The molecule has 1 amide bonds. The second-order valence-electron chi connectivity index (χ2n) is 8.44. The van der Waals surface area contributed by atoms with Crippen molar-refractivity contribution in [2.75, 3.05) is 45.8 Å². The number of carbonyl (C=O) groups excluding carboxylic acids is 1. The zero-order valence-corrected chi connectivity index (χ0v) is 18.3. The van der Waals surface area contributed by atoms with Crippen LogP contribution in [-0.4, -0.2) is 71.1 Å². The SMILES string of the molecule is CCN1CCN(CCCNC(=O)c2nc(-c3ccccc3)n3c2CCCCC3)CC1. The van der Waals surface area contributed by atoms with Gasteiger partial charge in [0.05, 0.1) is 5.69 Å². The number of fused-ring (bicyclic) bond motifs is 1. The van der Waals surface area contributed by atoms with Gasteiger partial charge in [0.15, 0.2) is 0 Å². The smallest absolute Gasteiger partial charge is 0.271 e. The fourth-order valence-corrected chi connectivity index (χ4v) is 4.63. The zero-order chi connectivity index (χ0) is 20.8. The summed E-state index contributed by atoms with van der Waals surface area (Å²) < 4.78 is 2.28. The monoisotopic (exact) mass is 409 g/mol. The predicted octanol–water partition coefficient (Wildman–Crippen LogP) is 3.03. The molecule has 1 aromatic heterocycles. The molecule has 0 atom stereocenters. The molecule has 162 valence electrons. The van der Waals surface area contributed by atoms with Crippen LogP contribution in [0.1, 0.15) is 48.8 Å². The van der Waals surface area contributed by atoms with Gasteiger partial charge >= 0.3 is 0 Å². The lowest BCUT2D eigenvalue weighted by Crippen LogP contribution is -2.46. The van der Waals surface area contributed by atoms with Gasteiger partial charge in [-0.1, -0.05) is 43.7 Å². The van der Waals surface area contributed by atoms with E-state index >= 15 is 0 Å². The van der Waals surface area contributed by atoms with Gasteiger partial charge in [-0.3, -0.25) is 4.79 Å². The summed E-state index contributed by atoms with van der Waals surface area (Å²) in [5.41, 5.74) is 2.83. The Bertz CT molecular complexity index is 824. The Morgan fingerprint density at radius 1 is 1.00 bits per heavy atom. The highest BCUT2D eigenvalue weighted by atomic mass is 16.1. The van der Waals surface area contributed by atoms with Crippen LogP contribution in [0.15, 0.2) is 30.3 Å². The number of imidazole rings is 1. The highest BCUT2D eigenvalue weighted by Gasteiger charge is 2.24. The van der Waals surface area contributed by atoms with Crippen LogP contribution in [0.5, 0.6) is 0 Å². The van der Waals surface area contributed by atoms with Crippen molar-refractivity contribution in [1.29, 1.82) is 0 Å². The molecule has 0 radical (unpaired) electrons. The number of carbonyl (C=O) groups is 1. The van der Waals surface area contributed by atoms with Crippen molar-refractivity contribution in [2.24, 2.45) is 0 Å². The standard InChI is InChI=1S/C24H35N5O/c1-2-27-16-18-28(19-17-27)14-9-13-25-24(30)22-21-12-7-4-8-15-29(21)23(26-22)20-10-5-3-6-11-20/h3,5-6,10-11H,2,4,7-9,12-19H2,1H3,(H,25,30). The predicted molar refractivity (Wildman–Crippen MR) is 121 cm³/mol. The number of amides is 1. The van der Waals surface area contributed by atoms with Crippen LogP contribution < -0.4 is 5.32 Å². The van der Waals surface area contributed by atoms with Gasteiger partial charge in [-0.15, -0.1) is 0 Å². The number of likely N-dealkylation sites (N-methyl/N-ethyl adjacent to an activating group) is 1. The molecule has 6 heteroatoms. The molecule has 4 rings (SSSR count). The Labute approximate surface area is 180 Å². The molecule has 1 N–H and O–H groups in total. The zero-order valence-electron chi connectivity index (χ0n) is 18.3. The second-order valence-corrected chi connectivity index (χ2v) is 8.44. The molecule has 1 saturated heterocycles. The average molecular weight is 410 g/mol. The summed E-state index contributed by atoms with van der Waals surface area (Å²) in [4.78, 5) is 22.8. The fourth-order valence-electron chi connectivity index (χ4n) is 4.63. The third-order valence-corrected chi connectivity index (χ3v) is 6.46. The lowest BCUT2D eigenvalue weighted by Gasteiger charge is -2.33. The third kappa shape index (κ3) is 4.93. The van der Waals surface area contributed by atoms with E-state index in [1.165, 1.54) is 6.42 Å². The Morgan fingerprint density at radius 3 is 2.53 bits per heavy atom. The van der Waals surface area contributed by atoms with E-state index < -0.39 is 0 Å². The van der Waals surface area contributed by atoms with Crippen molar-refractivity contribution in [1.82, 2.24) is 24.7 Å². The van der Waals surface area contributed by atoms with E-state index in [0.29, 0.717) is 12.2 Å². The lowest BCUT2D eigenvalue weighted by atomic mass is 10.1. The number of hydrogen-bond donors (Lipinski definition) is 1. The van der Waals surface area contributed by atoms with E-state index in [1.807, 2.05) is 18.2 Å². The molecule has 3 heterocycles. The van der Waals surface area contributed by atoms with Crippen molar-refractivity contribution in [3.63, 3.8) is 0 Å². The van der Waals surface area contributed by atoms with Gasteiger partial charge in [0.1, 0.15) is 11.5 Å². The maximum Gasteiger partial charge on any atom is 0.271 e. The van der Waals surface area contributed by atoms with Crippen molar-refractivity contribution in [3.05, 3.63) is 41.7 Å². The van der Waals surface area contributed by atoms with Crippen LogP contribution in [0.3, 0.4) is 0 Å². The van der Waals surface area contributed by atoms with Crippen molar-refractivity contribution < 1.29 is 4.79 Å². The van der Waals surface area contributed by atoms with Gasteiger partial charge in [0, 0.05) is 44.8 Å². The van der Waals surface area contributed by atoms with E-state index in [0.717, 1.165) is 88.6 Å². The van der Waals surface area contributed by atoms with E-state index in [1.54, 1.807) is 0 Å². The summed E-state index contributed by atoms with van der Waals surface area (Å²) in [6, 6.07) is 10.3. The molecule has 30 heavy (non-hydrogen) atoms. The molecule has 2 aromatic rings. The first-order valence-corrected chi connectivity index (χ1v) is 11.6. The van der Waals surface area contributed by atoms with Crippen molar-refractivity contribution in [2.45, 2.75) is 45.6 Å². The first-order valence-electron chi connectivity index (χ1n) is 11.6. The minimum absolute atomic E-state index is 0.0152. The molecule has 2 aliphatic rings. The van der Waals surface area contributed by atoms with Crippen LogP contribution in [0, 0.1) is 0 Å². The highest BCUT2D eigenvalue weighted by molar-refractivity contribution is 5.94. The minimum atomic E-state index is -0.0152. The van der Waals surface area contributed by atoms with E-state index in [9.17, 15) is 4.79 Å². The van der Waals surface area contributed by atoms with Crippen LogP contribution >= 0.6 is 0 Å². The molecule has 0 aliphatic carbocycles. The maximum atomic E-state index is 13.0. The van der Waals surface area contributed by atoms with E-state index in [4.69, 9.17) is 4.98 Å². The molecular formula is C24H35N5O. The number of piperazine rings is 1.